The van der Waals surface area contributed by atoms with E-state index in [1.54, 1.807) is 28.9 Å². The molecule has 0 N–H and O–H groups in total. The molecule has 0 aliphatic carbocycles. The van der Waals surface area contributed by atoms with Gasteiger partial charge in [0.05, 0.1) is 31.2 Å². The molecule has 4 heterocycles. The highest BCUT2D eigenvalue weighted by atomic mass is 16.5. The zero-order valence-corrected chi connectivity index (χ0v) is 17.1. The Morgan fingerprint density at radius 3 is 2.73 bits per heavy atom. The standard InChI is InChI=1S/C20H23N7O3/c1-13-5-4-6-21-19(13)15-9-14(20(29)26-8-7-25(2)18(28)12-26)24-27(15)16-10-23-17(30-3)11-22-16/h4-6,9-11,13,19H,7-8,12H2,1-3H3. The third-order valence-corrected chi connectivity index (χ3v) is 5.29. The van der Waals surface area contributed by atoms with E-state index in [9.17, 15) is 9.59 Å². The van der Waals surface area contributed by atoms with Crippen LogP contribution in [0.3, 0.4) is 0 Å². The van der Waals surface area contributed by atoms with E-state index < -0.39 is 0 Å². The number of dihydropyridines is 1. The Morgan fingerprint density at radius 1 is 1.23 bits per heavy atom. The second kappa shape index (κ2) is 8.05. The van der Waals surface area contributed by atoms with Crippen LogP contribution in [0.4, 0.5) is 0 Å². The van der Waals surface area contributed by atoms with Crippen LogP contribution >= 0.6 is 0 Å². The predicted octanol–water partition coefficient (Wildman–Crippen LogP) is 0.903. The van der Waals surface area contributed by atoms with Crippen molar-refractivity contribution < 1.29 is 14.3 Å². The molecule has 0 bridgehead atoms. The largest absolute Gasteiger partial charge is 0.480 e. The summed E-state index contributed by atoms with van der Waals surface area (Å²) in [5, 5.41) is 4.52. The highest BCUT2D eigenvalue weighted by Gasteiger charge is 2.30. The molecule has 10 nitrogen and oxygen atoms in total. The molecule has 2 unspecified atom stereocenters. The number of ether oxygens (including phenoxy) is 1. The van der Waals surface area contributed by atoms with Crippen molar-refractivity contribution in [1.29, 1.82) is 0 Å². The van der Waals surface area contributed by atoms with Crippen molar-refractivity contribution in [2.45, 2.75) is 13.0 Å². The summed E-state index contributed by atoms with van der Waals surface area (Å²) in [4.78, 5) is 41.4. The van der Waals surface area contributed by atoms with Crippen LogP contribution in [0.25, 0.3) is 5.82 Å². The summed E-state index contributed by atoms with van der Waals surface area (Å²) in [5.41, 5.74) is 0.975. The number of nitrogens with zero attached hydrogens (tertiary/aromatic N) is 7. The van der Waals surface area contributed by atoms with Gasteiger partial charge in [0.2, 0.25) is 11.8 Å². The van der Waals surface area contributed by atoms with Crippen LogP contribution < -0.4 is 4.74 Å². The molecular weight excluding hydrogens is 386 g/mol. The van der Waals surface area contributed by atoms with Crippen LogP contribution in [0, 0.1) is 5.92 Å². The average Bonchev–Trinajstić information content (AvgIpc) is 3.20. The fourth-order valence-electron chi connectivity index (χ4n) is 3.47. The van der Waals surface area contributed by atoms with Crippen molar-refractivity contribution in [1.82, 2.24) is 29.5 Å². The molecule has 0 saturated carbocycles. The number of hydrogen-bond acceptors (Lipinski definition) is 7. The molecule has 0 radical (unpaired) electrons. The lowest BCUT2D eigenvalue weighted by atomic mass is 9.97. The van der Waals surface area contributed by atoms with Gasteiger partial charge in [0.15, 0.2) is 11.5 Å². The zero-order valence-electron chi connectivity index (χ0n) is 17.1. The normalized spacial score (nSPS) is 21.2. The fraction of sp³-hybridized carbons (Fsp3) is 0.400. The molecule has 2 aromatic heterocycles. The molecule has 30 heavy (non-hydrogen) atoms. The molecule has 2 atom stereocenters. The molecule has 156 valence electrons. The van der Waals surface area contributed by atoms with Gasteiger partial charge in [-0.1, -0.05) is 13.0 Å². The molecule has 2 aromatic rings. The summed E-state index contributed by atoms with van der Waals surface area (Å²) in [6, 6.07) is 1.51. The van der Waals surface area contributed by atoms with Crippen LogP contribution in [0.5, 0.6) is 5.88 Å². The number of carbonyl (C=O) groups excluding carboxylic acids is 2. The fourth-order valence-corrected chi connectivity index (χ4v) is 3.47. The van der Waals surface area contributed by atoms with E-state index in [1.807, 2.05) is 6.08 Å². The quantitative estimate of drug-likeness (QED) is 0.743. The molecule has 4 rings (SSSR count). The van der Waals surface area contributed by atoms with Crippen molar-refractivity contribution in [2.75, 3.05) is 33.8 Å². The van der Waals surface area contributed by atoms with Gasteiger partial charge < -0.3 is 14.5 Å². The van der Waals surface area contributed by atoms with Gasteiger partial charge >= 0.3 is 0 Å². The van der Waals surface area contributed by atoms with Gasteiger partial charge in [-0.15, -0.1) is 0 Å². The second-order valence-electron chi connectivity index (χ2n) is 7.31. The number of piperazine rings is 1. The lowest BCUT2D eigenvalue weighted by Gasteiger charge is -2.31. The number of carbonyl (C=O) groups is 2. The Hall–Kier alpha value is -3.56. The summed E-state index contributed by atoms with van der Waals surface area (Å²) in [6.07, 6.45) is 8.72. The number of aliphatic imine (C=N–C) groups is 1. The van der Waals surface area contributed by atoms with E-state index in [0.717, 1.165) is 5.69 Å². The Bertz CT molecular complexity index is 1010. The molecule has 2 aliphatic heterocycles. The Balaban J connectivity index is 1.71. The van der Waals surface area contributed by atoms with Crippen LogP contribution in [0.1, 0.15) is 29.1 Å². The van der Waals surface area contributed by atoms with Crippen LogP contribution in [0.15, 0.2) is 35.6 Å². The van der Waals surface area contributed by atoms with Gasteiger partial charge in [-0.2, -0.15) is 5.10 Å². The maximum atomic E-state index is 13.1. The first-order valence-corrected chi connectivity index (χ1v) is 9.67. The Labute approximate surface area is 173 Å². The number of amides is 2. The van der Waals surface area contributed by atoms with E-state index >= 15 is 0 Å². The summed E-state index contributed by atoms with van der Waals surface area (Å²) < 4.78 is 6.67. The molecule has 10 heteroatoms. The summed E-state index contributed by atoms with van der Waals surface area (Å²) in [5.74, 6) is 0.569. The van der Waals surface area contributed by atoms with Crippen molar-refractivity contribution in [3.63, 3.8) is 0 Å². The number of likely N-dealkylation sites (N-methyl/N-ethyl adjacent to an activating group) is 1. The van der Waals surface area contributed by atoms with Crippen molar-refractivity contribution in [2.24, 2.45) is 10.9 Å². The lowest BCUT2D eigenvalue weighted by Crippen LogP contribution is -2.50. The average molecular weight is 409 g/mol. The molecule has 1 saturated heterocycles. The zero-order chi connectivity index (χ0) is 21.3. The van der Waals surface area contributed by atoms with Gasteiger partial charge in [-0.3, -0.25) is 14.6 Å². The van der Waals surface area contributed by atoms with Gasteiger partial charge in [-0.25, -0.2) is 14.6 Å². The number of allylic oxidation sites excluding steroid dienone is 1. The number of aromatic nitrogens is 4. The summed E-state index contributed by atoms with van der Waals surface area (Å²) >= 11 is 0. The highest BCUT2D eigenvalue weighted by molar-refractivity contribution is 5.95. The molecule has 1 fully saturated rings. The first-order valence-electron chi connectivity index (χ1n) is 9.67. The monoisotopic (exact) mass is 409 g/mol. The molecule has 0 aromatic carbocycles. The minimum atomic E-state index is -0.291. The third kappa shape index (κ3) is 3.68. The summed E-state index contributed by atoms with van der Waals surface area (Å²) in [6.45, 7) is 3.05. The minimum absolute atomic E-state index is 0.0423. The topological polar surface area (TPSA) is 106 Å². The van der Waals surface area contributed by atoms with Gasteiger partial charge in [0, 0.05) is 32.3 Å². The number of hydrogen-bond donors (Lipinski definition) is 0. The van der Waals surface area contributed by atoms with E-state index in [2.05, 4.69) is 33.1 Å². The molecular formula is C20H23N7O3. The van der Waals surface area contributed by atoms with Crippen LogP contribution in [-0.4, -0.2) is 81.4 Å². The van der Waals surface area contributed by atoms with Gasteiger partial charge in [-0.05, 0) is 12.1 Å². The first-order chi connectivity index (χ1) is 14.5. The SMILES string of the molecule is COc1cnc(-n2nc(C(=O)N3CCN(C)C(=O)C3)cc2C2N=CC=CC2C)cn1. The number of methoxy groups -OCH3 is 1. The van der Waals surface area contributed by atoms with Crippen LogP contribution in [-0.2, 0) is 4.79 Å². The van der Waals surface area contributed by atoms with E-state index in [4.69, 9.17) is 4.74 Å². The van der Waals surface area contributed by atoms with Gasteiger partial charge in [0.1, 0.15) is 6.54 Å². The highest BCUT2D eigenvalue weighted by Crippen LogP contribution is 2.31. The van der Waals surface area contributed by atoms with E-state index in [0.29, 0.717) is 24.8 Å². The lowest BCUT2D eigenvalue weighted by molar-refractivity contribution is -0.133. The third-order valence-electron chi connectivity index (χ3n) is 5.29. The Morgan fingerprint density at radius 2 is 2.07 bits per heavy atom. The smallest absolute Gasteiger partial charge is 0.274 e. The molecule has 2 aliphatic rings. The van der Waals surface area contributed by atoms with E-state index in [-0.39, 0.29) is 36.0 Å². The first kappa shape index (κ1) is 19.7. The van der Waals surface area contributed by atoms with Crippen molar-refractivity contribution in [3.8, 4) is 11.7 Å². The number of rotatable bonds is 4. The minimum Gasteiger partial charge on any atom is -0.480 e. The maximum absolute atomic E-state index is 13.1. The van der Waals surface area contributed by atoms with E-state index in [1.165, 1.54) is 24.4 Å². The molecule has 0 spiro atoms. The van der Waals surface area contributed by atoms with Crippen molar-refractivity contribution >= 4 is 18.0 Å². The second-order valence-corrected chi connectivity index (χ2v) is 7.31. The molecule has 2 amide bonds. The maximum Gasteiger partial charge on any atom is 0.274 e. The van der Waals surface area contributed by atoms with Crippen molar-refractivity contribution in [3.05, 3.63) is 42.0 Å². The van der Waals surface area contributed by atoms with Gasteiger partial charge in [0.25, 0.3) is 5.91 Å². The Kier molecular flexibility index (Phi) is 5.30. The predicted molar refractivity (Wildman–Crippen MR) is 109 cm³/mol. The van der Waals surface area contributed by atoms with Crippen LogP contribution in [0.2, 0.25) is 0 Å². The summed E-state index contributed by atoms with van der Waals surface area (Å²) in [7, 11) is 3.25.